The quantitative estimate of drug-likeness (QED) is 0.597. The molecule has 1 saturated carbocycles. The maximum atomic E-state index is 9.74. The van der Waals surface area contributed by atoms with E-state index in [1.54, 1.807) is 0 Å². The van der Waals surface area contributed by atoms with Gasteiger partial charge in [0.15, 0.2) is 0 Å². The van der Waals surface area contributed by atoms with Gasteiger partial charge in [-0.15, -0.1) is 0 Å². The second kappa shape index (κ2) is 2.83. The molecule has 0 bridgehead atoms. The van der Waals surface area contributed by atoms with Crippen molar-refractivity contribution >= 4 is 0 Å². The monoisotopic (exact) mass is 194 g/mol. The first-order chi connectivity index (χ1) is 6.77. The van der Waals surface area contributed by atoms with Gasteiger partial charge in [-0.25, -0.2) is 0 Å². The lowest BCUT2D eigenvalue weighted by Gasteiger charge is -2.49. The molecule has 0 aromatic rings. The molecule has 3 atom stereocenters. The van der Waals surface area contributed by atoms with Crippen LogP contribution in [0.5, 0.6) is 0 Å². The summed E-state index contributed by atoms with van der Waals surface area (Å²) in [5, 5.41) is 9.74. The van der Waals surface area contributed by atoms with Crippen LogP contribution >= 0.6 is 0 Å². The summed E-state index contributed by atoms with van der Waals surface area (Å²) in [6.07, 6.45) is 10.1. The highest BCUT2D eigenvalue weighted by atomic mass is 16.5. The second-order valence-corrected chi connectivity index (χ2v) is 5.27. The highest BCUT2D eigenvalue weighted by molar-refractivity contribution is 5.20. The van der Waals surface area contributed by atoms with Crippen LogP contribution < -0.4 is 0 Å². The zero-order valence-corrected chi connectivity index (χ0v) is 8.54. The maximum absolute atomic E-state index is 9.74. The smallest absolute Gasteiger partial charge is 0.0727 e. The first kappa shape index (κ1) is 8.93. The van der Waals surface area contributed by atoms with Gasteiger partial charge in [-0.1, -0.05) is 25.0 Å². The van der Waals surface area contributed by atoms with E-state index in [0.29, 0.717) is 0 Å². The molecule has 2 nitrogen and oxygen atoms in total. The molecule has 2 heteroatoms. The molecular weight excluding hydrogens is 176 g/mol. The Labute approximate surface area is 85.0 Å². The Morgan fingerprint density at radius 3 is 3.00 bits per heavy atom. The van der Waals surface area contributed by atoms with Crippen LogP contribution in [0.3, 0.4) is 0 Å². The Bertz CT molecular complexity index is 273. The van der Waals surface area contributed by atoms with Crippen LogP contribution in [0, 0.1) is 10.8 Å². The van der Waals surface area contributed by atoms with E-state index in [1.165, 1.54) is 25.7 Å². The maximum Gasteiger partial charge on any atom is 0.0727 e. The normalized spacial score (nSPS) is 51.4. The van der Waals surface area contributed by atoms with E-state index in [9.17, 15) is 5.11 Å². The molecule has 2 fully saturated rings. The van der Waals surface area contributed by atoms with Crippen LogP contribution in [0.4, 0.5) is 0 Å². The van der Waals surface area contributed by atoms with Gasteiger partial charge in [0.05, 0.1) is 19.3 Å². The summed E-state index contributed by atoms with van der Waals surface area (Å²) in [4.78, 5) is 0. The van der Waals surface area contributed by atoms with Crippen molar-refractivity contribution in [1.82, 2.24) is 0 Å². The first-order valence-corrected chi connectivity index (χ1v) is 5.72. The van der Waals surface area contributed by atoms with Crippen molar-refractivity contribution in [3.63, 3.8) is 0 Å². The van der Waals surface area contributed by atoms with Crippen molar-refractivity contribution in [3.8, 4) is 0 Å². The zero-order chi connectivity index (χ0) is 9.65. The third-order valence-corrected chi connectivity index (χ3v) is 4.56. The van der Waals surface area contributed by atoms with E-state index in [2.05, 4.69) is 6.08 Å². The first-order valence-electron chi connectivity index (χ1n) is 5.72. The molecule has 1 N–H and O–H groups in total. The standard InChI is InChI=1S/C12H18O2/c13-10-3-6-11-4-1-2-5-12(11,7-10)9-14-8-11/h3,6,10,13H,1-2,4-5,7-9H2. The van der Waals surface area contributed by atoms with Crippen molar-refractivity contribution in [1.29, 1.82) is 0 Å². The molecule has 3 unspecified atom stereocenters. The van der Waals surface area contributed by atoms with E-state index in [4.69, 9.17) is 4.74 Å². The van der Waals surface area contributed by atoms with Crippen LogP contribution in [-0.2, 0) is 4.74 Å². The number of rotatable bonds is 0. The second-order valence-electron chi connectivity index (χ2n) is 5.27. The van der Waals surface area contributed by atoms with Crippen LogP contribution in [-0.4, -0.2) is 24.4 Å². The minimum Gasteiger partial charge on any atom is -0.389 e. The minimum atomic E-state index is -0.233. The molecule has 3 aliphatic rings. The van der Waals surface area contributed by atoms with Gasteiger partial charge in [0.25, 0.3) is 0 Å². The molecule has 0 aromatic heterocycles. The third kappa shape index (κ3) is 0.986. The van der Waals surface area contributed by atoms with Gasteiger partial charge in [0.1, 0.15) is 0 Å². The molecule has 0 radical (unpaired) electrons. The lowest BCUT2D eigenvalue weighted by atomic mass is 9.54. The molecule has 0 aromatic carbocycles. The molecule has 1 aliphatic heterocycles. The van der Waals surface area contributed by atoms with Crippen molar-refractivity contribution in [2.45, 2.75) is 38.2 Å². The number of ether oxygens (including phenoxy) is 1. The molecular formula is C12H18O2. The average Bonchev–Trinajstić information content (AvgIpc) is 2.56. The fraction of sp³-hybridized carbons (Fsp3) is 0.833. The fourth-order valence-corrected chi connectivity index (χ4v) is 3.72. The summed E-state index contributed by atoms with van der Waals surface area (Å²) < 4.78 is 5.71. The summed E-state index contributed by atoms with van der Waals surface area (Å²) in [5.74, 6) is 0. The summed E-state index contributed by atoms with van der Waals surface area (Å²) >= 11 is 0. The largest absolute Gasteiger partial charge is 0.389 e. The highest BCUT2D eigenvalue weighted by Crippen LogP contribution is 2.59. The number of aliphatic hydroxyl groups is 1. The molecule has 78 valence electrons. The summed E-state index contributed by atoms with van der Waals surface area (Å²) in [5.41, 5.74) is 0.559. The molecule has 14 heavy (non-hydrogen) atoms. The SMILES string of the molecule is OC1C=CC23CCCCC2(COC3)C1. The Hall–Kier alpha value is -0.340. The van der Waals surface area contributed by atoms with E-state index in [-0.39, 0.29) is 16.9 Å². The van der Waals surface area contributed by atoms with E-state index in [1.807, 2.05) is 6.08 Å². The van der Waals surface area contributed by atoms with Gasteiger partial charge in [0.2, 0.25) is 0 Å². The third-order valence-electron chi connectivity index (χ3n) is 4.56. The predicted octanol–water partition coefficient (Wildman–Crippen LogP) is 1.88. The van der Waals surface area contributed by atoms with Gasteiger partial charge in [-0.2, -0.15) is 0 Å². The van der Waals surface area contributed by atoms with E-state index in [0.717, 1.165) is 19.6 Å². The number of hydrogen-bond acceptors (Lipinski definition) is 2. The van der Waals surface area contributed by atoms with Crippen LogP contribution in [0.15, 0.2) is 12.2 Å². The van der Waals surface area contributed by atoms with Crippen molar-refractivity contribution in [3.05, 3.63) is 12.2 Å². The van der Waals surface area contributed by atoms with Gasteiger partial charge in [-0.05, 0) is 19.3 Å². The van der Waals surface area contributed by atoms with E-state index < -0.39 is 0 Å². The van der Waals surface area contributed by atoms with Crippen LogP contribution in [0.25, 0.3) is 0 Å². The highest BCUT2D eigenvalue weighted by Gasteiger charge is 2.57. The zero-order valence-electron chi connectivity index (χ0n) is 8.54. The topological polar surface area (TPSA) is 29.5 Å². The molecule has 1 heterocycles. The predicted molar refractivity (Wildman–Crippen MR) is 53.9 cm³/mol. The van der Waals surface area contributed by atoms with Crippen LogP contribution in [0.2, 0.25) is 0 Å². The van der Waals surface area contributed by atoms with Crippen molar-refractivity contribution in [2.75, 3.05) is 13.2 Å². The minimum absolute atomic E-state index is 0.233. The van der Waals surface area contributed by atoms with Gasteiger partial charge < -0.3 is 9.84 Å². The fourth-order valence-electron chi connectivity index (χ4n) is 3.72. The van der Waals surface area contributed by atoms with Gasteiger partial charge in [0, 0.05) is 10.8 Å². The van der Waals surface area contributed by atoms with Gasteiger partial charge >= 0.3 is 0 Å². The Kier molecular flexibility index (Phi) is 1.80. The average molecular weight is 194 g/mol. The lowest BCUT2D eigenvalue weighted by molar-refractivity contribution is 0.0157. The lowest BCUT2D eigenvalue weighted by Crippen LogP contribution is -2.46. The van der Waals surface area contributed by atoms with Gasteiger partial charge in [-0.3, -0.25) is 0 Å². The summed E-state index contributed by atoms with van der Waals surface area (Å²) in [6.45, 7) is 1.75. The van der Waals surface area contributed by atoms with Crippen molar-refractivity contribution in [2.24, 2.45) is 10.8 Å². The summed E-state index contributed by atoms with van der Waals surface area (Å²) in [7, 11) is 0. The molecule has 3 rings (SSSR count). The molecule has 0 amide bonds. The Morgan fingerprint density at radius 1 is 1.21 bits per heavy atom. The number of aliphatic hydroxyl groups excluding tert-OH is 1. The van der Waals surface area contributed by atoms with Crippen LogP contribution in [0.1, 0.15) is 32.1 Å². The van der Waals surface area contributed by atoms with E-state index >= 15 is 0 Å². The molecule has 1 saturated heterocycles. The summed E-state index contributed by atoms with van der Waals surface area (Å²) in [6, 6.07) is 0. The number of hydrogen-bond donors (Lipinski definition) is 1. The molecule has 0 spiro atoms. The van der Waals surface area contributed by atoms with Crippen molar-refractivity contribution < 1.29 is 9.84 Å². The Morgan fingerprint density at radius 2 is 2.07 bits per heavy atom. The Balaban J connectivity index is 2.03. The molecule has 2 aliphatic carbocycles.